The van der Waals surface area contributed by atoms with E-state index >= 15 is 0 Å². The van der Waals surface area contributed by atoms with Gasteiger partial charge in [0.15, 0.2) is 0 Å². The second-order valence-electron chi connectivity index (χ2n) is 8.36. The van der Waals surface area contributed by atoms with E-state index in [1.54, 1.807) is 34.7 Å². The van der Waals surface area contributed by atoms with Crippen LogP contribution in [0.1, 0.15) is 85.5 Å². The summed E-state index contributed by atoms with van der Waals surface area (Å²) in [5.74, 6) is 0.306. The van der Waals surface area contributed by atoms with Gasteiger partial charge in [-0.3, -0.25) is 14.4 Å². The molecule has 30 heavy (non-hydrogen) atoms. The van der Waals surface area contributed by atoms with Gasteiger partial charge in [0.25, 0.3) is 11.8 Å². The molecule has 2 aromatic heterocycles. The van der Waals surface area contributed by atoms with Crippen LogP contribution in [0, 0.1) is 5.92 Å². The zero-order valence-electron chi connectivity index (χ0n) is 18.2. The third-order valence-electron chi connectivity index (χ3n) is 5.39. The van der Waals surface area contributed by atoms with E-state index in [4.69, 9.17) is 4.42 Å². The lowest BCUT2D eigenvalue weighted by Gasteiger charge is -2.23. The predicted octanol–water partition coefficient (Wildman–Crippen LogP) is 3.78. The minimum atomic E-state index is -0.530. The molecule has 162 valence electrons. The number of carbonyl (C=O) groups excluding carboxylic acids is 2. The van der Waals surface area contributed by atoms with Gasteiger partial charge in [0.2, 0.25) is 5.43 Å². The molecule has 2 amide bonds. The molecule has 0 radical (unpaired) electrons. The summed E-state index contributed by atoms with van der Waals surface area (Å²) in [4.78, 5) is 41.1. The number of carbonyl (C=O) groups is 2. The molecule has 0 aliphatic heterocycles. The molecular weight excluding hydrogens is 382 g/mol. The monoisotopic (exact) mass is 413 g/mol. The first-order valence-corrected chi connectivity index (χ1v) is 10.7. The first-order chi connectivity index (χ1) is 14.3. The smallest absolute Gasteiger partial charge is 0.259 e. The van der Waals surface area contributed by atoms with Gasteiger partial charge in [0, 0.05) is 31.5 Å². The first kappa shape index (κ1) is 21.9. The fourth-order valence-corrected chi connectivity index (χ4v) is 3.42. The van der Waals surface area contributed by atoms with E-state index in [1.165, 1.54) is 12.5 Å². The van der Waals surface area contributed by atoms with E-state index in [0.717, 1.165) is 19.3 Å². The van der Waals surface area contributed by atoms with Crippen LogP contribution in [0.5, 0.6) is 0 Å². The molecule has 0 spiro atoms. The van der Waals surface area contributed by atoms with Gasteiger partial charge >= 0.3 is 0 Å². The zero-order chi connectivity index (χ0) is 21.8. The molecule has 3 rings (SSSR count). The summed E-state index contributed by atoms with van der Waals surface area (Å²) in [5, 5.41) is 2.80. The van der Waals surface area contributed by atoms with E-state index in [1.807, 2.05) is 20.8 Å². The van der Waals surface area contributed by atoms with Gasteiger partial charge in [-0.1, -0.05) is 6.92 Å². The van der Waals surface area contributed by atoms with Crippen LogP contribution in [0.3, 0.4) is 0 Å². The van der Waals surface area contributed by atoms with Gasteiger partial charge in [-0.05, 0) is 58.1 Å². The third kappa shape index (κ3) is 5.01. The van der Waals surface area contributed by atoms with Gasteiger partial charge < -0.3 is 19.2 Å². The first-order valence-electron chi connectivity index (χ1n) is 10.7. The Bertz CT molecular complexity index is 942. The van der Waals surface area contributed by atoms with Crippen LogP contribution in [-0.4, -0.2) is 34.4 Å². The average Bonchev–Trinajstić information content (AvgIpc) is 3.35. The average molecular weight is 414 g/mol. The van der Waals surface area contributed by atoms with Crippen LogP contribution in [0.25, 0.3) is 0 Å². The van der Waals surface area contributed by atoms with Gasteiger partial charge in [0.1, 0.15) is 16.9 Å². The highest BCUT2D eigenvalue weighted by molar-refractivity contribution is 5.99. The van der Waals surface area contributed by atoms with E-state index < -0.39 is 17.4 Å². The molecule has 0 unspecified atom stereocenters. The maximum absolute atomic E-state index is 13.2. The van der Waals surface area contributed by atoms with Crippen molar-refractivity contribution < 1.29 is 14.0 Å². The van der Waals surface area contributed by atoms with Crippen LogP contribution in [0.4, 0.5) is 0 Å². The Morgan fingerprint density at radius 2 is 1.93 bits per heavy atom. The van der Waals surface area contributed by atoms with Crippen molar-refractivity contribution in [3.05, 3.63) is 57.9 Å². The summed E-state index contributed by atoms with van der Waals surface area (Å²) in [7, 11) is 0. The summed E-state index contributed by atoms with van der Waals surface area (Å²) in [6.07, 6.45) is 7.70. The molecule has 1 aliphatic carbocycles. The molecule has 7 nitrogen and oxygen atoms in total. The van der Waals surface area contributed by atoms with Crippen molar-refractivity contribution in [1.29, 1.82) is 0 Å². The van der Waals surface area contributed by atoms with Crippen LogP contribution in [-0.2, 0) is 0 Å². The van der Waals surface area contributed by atoms with Crippen molar-refractivity contribution in [1.82, 2.24) is 14.8 Å². The highest BCUT2D eigenvalue weighted by atomic mass is 16.3. The van der Waals surface area contributed by atoms with Gasteiger partial charge in [-0.15, -0.1) is 0 Å². The quantitative estimate of drug-likeness (QED) is 0.678. The van der Waals surface area contributed by atoms with Crippen molar-refractivity contribution in [2.45, 2.75) is 59.0 Å². The number of furan rings is 1. The molecule has 0 bridgehead atoms. The molecule has 1 atom stereocenters. The number of hydrogen-bond donors (Lipinski definition) is 1. The van der Waals surface area contributed by atoms with E-state index in [2.05, 4.69) is 5.32 Å². The summed E-state index contributed by atoms with van der Waals surface area (Å²) in [6, 6.07) is 3.10. The van der Waals surface area contributed by atoms with Gasteiger partial charge in [0.05, 0.1) is 12.3 Å². The lowest BCUT2D eigenvalue weighted by molar-refractivity contribution is 0.0745. The van der Waals surface area contributed by atoms with Crippen LogP contribution in [0.2, 0.25) is 0 Å². The van der Waals surface area contributed by atoms with Gasteiger partial charge in [-0.25, -0.2) is 0 Å². The molecule has 1 saturated carbocycles. The molecule has 0 saturated heterocycles. The topological polar surface area (TPSA) is 84.6 Å². The Labute approximate surface area is 177 Å². The molecule has 1 fully saturated rings. The third-order valence-corrected chi connectivity index (χ3v) is 5.39. The fraction of sp³-hybridized carbons (Fsp3) is 0.522. The second kappa shape index (κ2) is 9.32. The highest BCUT2D eigenvalue weighted by Crippen LogP contribution is 2.30. The lowest BCUT2D eigenvalue weighted by atomic mass is 10.1. The molecule has 0 aromatic carbocycles. The number of rotatable bonds is 9. The molecule has 1 N–H and O–H groups in total. The lowest BCUT2D eigenvalue weighted by Crippen LogP contribution is -2.39. The Morgan fingerprint density at radius 1 is 1.23 bits per heavy atom. The number of nitrogens with zero attached hydrogens (tertiary/aromatic N) is 2. The number of aromatic nitrogens is 1. The Balaban J connectivity index is 1.93. The maximum atomic E-state index is 13.2. The van der Waals surface area contributed by atoms with Crippen LogP contribution in [0.15, 0.2) is 40.0 Å². The molecule has 7 heteroatoms. The van der Waals surface area contributed by atoms with E-state index in [-0.39, 0.29) is 23.1 Å². The number of amides is 2. The maximum Gasteiger partial charge on any atom is 0.259 e. The van der Waals surface area contributed by atoms with Crippen molar-refractivity contribution in [3.8, 4) is 0 Å². The van der Waals surface area contributed by atoms with Crippen LogP contribution < -0.4 is 10.7 Å². The second-order valence-corrected chi connectivity index (χ2v) is 8.36. The Kier molecular flexibility index (Phi) is 6.80. The van der Waals surface area contributed by atoms with Crippen molar-refractivity contribution in [2.24, 2.45) is 5.92 Å². The van der Waals surface area contributed by atoms with Gasteiger partial charge in [-0.2, -0.15) is 0 Å². The fourth-order valence-electron chi connectivity index (χ4n) is 3.42. The van der Waals surface area contributed by atoms with Crippen molar-refractivity contribution in [2.75, 3.05) is 13.1 Å². The summed E-state index contributed by atoms with van der Waals surface area (Å²) < 4.78 is 7.08. The van der Waals surface area contributed by atoms with E-state index in [9.17, 15) is 14.4 Å². The SMILES string of the molecule is CCCN(CC1CC1)C(=O)c1cn(C(C)C)cc(C(=O)N[C@H](C)c2ccco2)c1=O. The van der Waals surface area contributed by atoms with Crippen LogP contribution >= 0.6 is 0 Å². The van der Waals surface area contributed by atoms with E-state index in [0.29, 0.717) is 24.8 Å². The minimum absolute atomic E-state index is 0.00532. The Hall–Kier alpha value is -2.83. The molecular formula is C23H31N3O4. The summed E-state index contributed by atoms with van der Waals surface area (Å²) in [6.45, 7) is 8.95. The highest BCUT2D eigenvalue weighted by Gasteiger charge is 2.29. The minimum Gasteiger partial charge on any atom is -0.467 e. The number of hydrogen-bond acceptors (Lipinski definition) is 4. The molecule has 2 aromatic rings. The molecule has 2 heterocycles. The Morgan fingerprint density at radius 3 is 2.50 bits per heavy atom. The predicted molar refractivity (Wildman–Crippen MR) is 115 cm³/mol. The normalized spacial score (nSPS) is 14.6. The standard InChI is InChI=1S/C23H31N3O4/c1-5-10-25(12-17-8-9-17)23(29)19-14-26(15(2)3)13-18(21(19)27)22(28)24-16(4)20-7-6-11-30-20/h6-7,11,13-17H,5,8-10,12H2,1-4H3,(H,24,28)/t16-/m1/s1. The largest absolute Gasteiger partial charge is 0.467 e. The zero-order valence-corrected chi connectivity index (χ0v) is 18.2. The molecule has 1 aliphatic rings. The number of pyridine rings is 1. The van der Waals surface area contributed by atoms with Crippen molar-refractivity contribution >= 4 is 11.8 Å². The van der Waals surface area contributed by atoms with Crippen molar-refractivity contribution in [3.63, 3.8) is 0 Å². The summed E-state index contributed by atoms with van der Waals surface area (Å²) in [5.41, 5.74) is -0.509. The number of nitrogens with one attached hydrogen (secondary N) is 1. The summed E-state index contributed by atoms with van der Waals surface area (Å²) >= 11 is 0.